The van der Waals surface area contributed by atoms with Crippen LogP contribution in [0.1, 0.15) is 49.0 Å². The van der Waals surface area contributed by atoms with Crippen molar-refractivity contribution in [2.45, 2.75) is 35.2 Å². The summed E-state index contributed by atoms with van der Waals surface area (Å²) < 4.78 is 80.1. The number of alkyl halides is 6. The highest BCUT2D eigenvalue weighted by atomic mass is 32.2. The summed E-state index contributed by atoms with van der Waals surface area (Å²) in [6.07, 6.45) is -7.39. The molecule has 0 saturated heterocycles. The van der Waals surface area contributed by atoms with Gasteiger partial charge in [0, 0.05) is 28.0 Å². The van der Waals surface area contributed by atoms with Crippen LogP contribution in [0.5, 0.6) is 5.75 Å². The molecule has 1 amide bonds. The third kappa shape index (κ3) is 10.1. The molecule has 0 aromatic heterocycles. The number of carbonyl (C=O) groups excluding carboxylic acids is 3. The van der Waals surface area contributed by atoms with Gasteiger partial charge in [-0.15, -0.1) is 13.2 Å². The summed E-state index contributed by atoms with van der Waals surface area (Å²) >= 11 is -0.434. The minimum atomic E-state index is -4.98. The summed E-state index contributed by atoms with van der Waals surface area (Å²) in [5.74, 6) is -5.60. The molecule has 0 aliphatic carbocycles. The highest BCUT2D eigenvalue weighted by Gasteiger charge is 2.32. The lowest BCUT2D eigenvalue weighted by atomic mass is 9.85. The normalized spacial score (nSPS) is 13.1. The Bertz CT molecular complexity index is 1470. The van der Waals surface area contributed by atoms with Crippen molar-refractivity contribution in [1.29, 1.82) is 0 Å². The number of ether oxygens (including phenoxy) is 1. The van der Waals surface area contributed by atoms with Crippen molar-refractivity contribution in [2.24, 2.45) is 0 Å². The van der Waals surface area contributed by atoms with Crippen molar-refractivity contribution in [3.05, 3.63) is 95.1 Å². The summed E-state index contributed by atoms with van der Waals surface area (Å²) in [6.45, 7) is -0.588. The molecule has 3 rings (SSSR count). The van der Waals surface area contributed by atoms with Crippen molar-refractivity contribution >= 4 is 35.2 Å². The third-order valence-electron chi connectivity index (χ3n) is 5.78. The maximum atomic E-state index is 13.5. The summed E-state index contributed by atoms with van der Waals surface area (Å²) in [5.41, 5.74) is -4.65. The number of Topliss-reactive ketones (excluding diaryl/α,β-unsaturated/α-hetero) is 2. The molecule has 0 bridgehead atoms. The molecule has 3 aromatic carbocycles. The fraction of sp³-hybridized carbons (Fsp3) is 0.214. The Morgan fingerprint density at radius 3 is 2.00 bits per heavy atom. The van der Waals surface area contributed by atoms with Crippen LogP contribution in [0.15, 0.2) is 77.7 Å². The number of halogens is 6. The predicted octanol–water partition coefficient (Wildman–Crippen LogP) is 5.61. The van der Waals surface area contributed by atoms with Crippen LogP contribution in [-0.4, -0.2) is 58.2 Å². The van der Waals surface area contributed by atoms with Gasteiger partial charge >= 0.3 is 17.8 Å². The number of aliphatic carboxylic acids is 1. The monoisotopic (exact) mass is 629 g/mol. The quantitative estimate of drug-likeness (QED) is 0.134. The van der Waals surface area contributed by atoms with Gasteiger partial charge in [-0.05, 0) is 53.7 Å². The molecule has 3 N–H and O–H groups in total. The minimum Gasteiger partial charge on any atom is -0.479 e. The van der Waals surface area contributed by atoms with Gasteiger partial charge in [-0.2, -0.15) is 13.2 Å². The number of ketones is 2. The van der Waals surface area contributed by atoms with E-state index in [4.69, 9.17) is 5.11 Å². The first-order chi connectivity index (χ1) is 20.0. The van der Waals surface area contributed by atoms with E-state index in [9.17, 15) is 50.6 Å². The van der Waals surface area contributed by atoms with Crippen molar-refractivity contribution in [3.63, 3.8) is 0 Å². The molecule has 0 saturated carbocycles. The zero-order valence-corrected chi connectivity index (χ0v) is 22.4. The number of carboxylic acids is 1. The second-order valence-corrected chi connectivity index (χ2v) is 10.0. The standard InChI is InChI=1S/C28H21F6NO7S/c29-27(30,31)42-19-10-8-15(9-11-19)21(13-22(36)18-2-1-3-20(12-18)43-28(32,33)34)24(38)16-4-6-17(7-5-16)25(39)35-14-23(37)26(40)41/h1-12,21,23,37H,13-14H2,(H,35,39)(H,40,41). The average Bonchev–Trinajstić information content (AvgIpc) is 2.93. The Morgan fingerprint density at radius 1 is 0.837 bits per heavy atom. The summed E-state index contributed by atoms with van der Waals surface area (Å²) in [5, 5.41) is 20.2. The van der Waals surface area contributed by atoms with Crippen LogP contribution < -0.4 is 10.1 Å². The highest BCUT2D eigenvalue weighted by molar-refractivity contribution is 8.00. The number of nitrogens with one attached hydrogen (secondary N) is 1. The summed E-state index contributed by atoms with van der Waals surface area (Å²) in [7, 11) is 0. The van der Waals surface area contributed by atoms with Gasteiger partial charge in [0.15, 0.2) is 17.7 Å². The molecule has 0 radical (unpaired) electrons. The second-order valence-electron chi connectivity index (χ2n) is 8.88. The van der Waals surface area contributed by atoms with Crippen LogP contribution in [0.4, 0.5) is 26.3 Å². The lowest BCUT2D eigenvalue weighted by molar-refractivity contribution is -0.274. The van der Waals surface area contributed by atoms with Gasteiger partial charge in [0.1, 0.15) is 5.75 Å². The van der Waals surface area contributed by atoms with Crippen molar-refractivity contribution in [2.75, 3.05) is 6.54 Å². The highest BCUT2D eigenvalue weighted by Crippen LogP contribution is 2.37. The zero-order valence-electron chi connectivity index (χ0n) is 21.6. The van der Waals surface area contributed by atoms with Gasteiger partial charge < -0.3 is 20.3 Å². The van der Waals surface area contributed by atoms with E-state index in [0.717, 1.165) is 36.4 Å². The number of rotatable bonds is 12. The van der Waals surface area contributed by atoms with Gasteiger partial charge in [-0.25, -0.2) is 4.79 Å². The van der Waals surface area contributed by atoms with Crippen molar-refractivity contribution < 1.29 is 60.5 Å². The van der Waals surface area contributed by atoms with Crippen LogP contribution >= 0.6 is 11.8 Å². The molecule has 0 fully saturated rings. The molecule has 43 heavy (non-hydrogen) atoms. The Hall–Kier alpha value is -4.37. The van der Waals surface area contributed by atoms with Gasteiger partial charge in [0.2, 0.25) is 0 Å². The number of aliphatic hydroxyl groups is 1. The number of aliphatic hydroxyl groups excluding tert-OH is 1. The average molecular weight is 630 g/mol. The largest absolute Gasteiger partial charge is 0.573 e. The Labute approximate surface area is 243 Å². The number of hydrogen-bond donors (Lipinski definition) is 3. The molecule has 3 aromatic rings. The Balaban J connectivity index is 1.88. The molecule has 15 heteroatoms. The maximum absolute atomic E-state index is 13.5. The zero-order chi connectivity index (χ0) is 31.9. The third-order valence-corrected chi connectivity index (χ3v) is 6.51. The van der Waals surface area contributed by atoms with Crippen LogP contribution in [0.25, 0.3) is 0 Å². The van der Waals surface area contributed by atoms with Gasteiger partial charge in [0.25, 0.3) is 5.91 Å². The van der Waals surface area contributed by atoms with Crippen LogP contribution in [0, 0.1) is 0 Å². The van der Waals surface area contributed by atoms with Crippen molar-refractivity contribution in [3.8, 4) is 5.75 Å². The number of carboxylic acid groups (broad SMARTS) is 1. The predicted molar refractivity (Wildman–Crippen MR) is 140 cm³/mol. The number of amides is 1. The number of hydrogen-bond acceptors (Lipinski definition) is 7. The van der Waals surface area contributed by atoms with E-state index in [1.165, 1.54) is 36.4 Å². The lowest BCUT2D eigenvalue weighted by Gasteiger charge is -2.18. The SMILES string of the molecule is O=C(CC(C(=O)c1ccc(C(=O)NCC(O)C(=O)O)cc1)c1ccc(OC(F)(F)F)cc1)c1cccc(SC(F)(F)F)c1. The van der Waals surface area contributed by atoms with Crippen molar-refractivity contribution in [1.82, 2.24) is 5.32 Å². The number of carbonyl (C=O) groups is 4. The molecule has 0 aliphatic rings. The second kappa shape index (κ2) is 13.7. The number of benzene rings is 3. The molecule has 0 aliphatic heterocycles. The van der Waals surface area contributed by atoms with E-state index in [2.05, 4.69) is 10.1 Å². The first-order valence-electron chi connectivity index (χ1n) is 12.1. The van der Waals surface area contributed by atoms with Gasteiger partial charge in [0.05, 0.1) is 12.5 Å². The smallest absolute Gasteiger partial charge is 0.479 e. The van der Waals surface area contributed by atoms with E-state index in [1.807, 2.05) is 0 Å². The Morgan fingerprint density at radius 2 is 1.44 bits per heavy atom. The molecule has 8 nitrogen and oxygen atoms in total. The summed E-state index contributed by atoms with van der Waals surface area (Å²) in [4.78, 5) is 49.3. The van der Waals surface area contributed by atoms with E-state index in [1.54, 1.807) is 0 Å². The first-order valence-corrected chi connectivity index (χ1v) is 12.9. The molecular formula is C28H21F6NO7S. The molecular weight excluding hydrogens is 608 g/mol. The molecule has 0 heterocycles. The molecule has 228 valence electrons. The minimum absolute atomic E-state index is 0.00519. The fourth-order valence-electron chi connectivity index (χ4n) is 3.80. The molecule has 0 spiro atoms. The van der Waals surface area contributed by atoms with Crippen LogP contribution in [0.2, 0.25) is 0 Å². The van der Waals surface area contributed by atoms with E-state index in [-0.39, 0.29) is 27.1 Å². The molecule has 2 unspecified atom stereocenters. The fourth-order valence-corrected chi connectivity index (χ4v) is 4.40. The van der Waals surface area contributed by atoms with Crippen LogP contribution in [0.3, 0.4) is 0 Å². The Kier molecular flexibility index (Phi) is 10.6. The van der Waals surface area contributed by atoms with E-state index < -0.39 is 77.8 Å². The first kappa shape index (κ1) is 33.1. The maximum Gasteiger partial charge on any atom is 0.573 e. The lowest BCUT2D eigenvalue weighted by Crippen LogP contribution is -2.36. The van der Waals surface area contributed by atoms with E-state index in [0.29, 0.717) is 0 Å². The number of thioether (sulfide) groups is 1. The molecule has 2 atom stereocenters. The van der Waals surface area contributed by atoms with Gasteiger partial charge in [-0.1, -0.05) is 36.4 Å². The van der Waals surface area contributed by atoms with E-state index >= 15 is 0 Å². The summed E-state index contributed by atoms with van der Waals surface area (Å²) in [6, 6.07) is 13.7. The topological polar surface area (TPSA) is 130 Å². The van der Waals surface area contributed by atoms with Crippen LogP contribution in [-0.2, 0) is 4.79 Å². The van der Waals surface area contributed by atoms with Gasteiger partial charge in [-0.3, -0.25) is 14.4 Å².